The molecule has 0 N–H and O–H groups in total. The first-order valence-corrected chi connectivity index (χ1v) is 9.38. The molecule has 1 aromatic rings. The molecule has 0 spiro atoms. The topological polar surface area (TPSA) is 76.2 Å². The summed E-state index contributed by atoms with van der Waals surface area (Å²) in [5.41, 5.74) is 0. The number of hydrogen-bond acceptors (Lipinski definition) is 5. The third-order valence-corrected chi connectivity index (χ3v) is 6.02. The van der Waals surface area contributed by atoms with Crippen molar-refractivity contribution >= 4 is 15.9 Å². The molecule has 0 bridgehead atoms. The number of rotatable bonds is 5. The number of carbonyl (C=O) groups excluding carboxylic acids is 1. The smallest absolute Gasteiger partial charge is 0.246 e. The quantitative estimate of drug-likeness (QED) is 0.796. The lowest BCUT2D eigenvalue weighted by atomic mass is 10.3. The Hall–Kier alpha value is -1.80. The van der Waals surface area contributed by atoms with Gasteiger partial charge in [-0.2, -0.15) is 4.31 Å². The first-order chi connectivity index (χ1) is 11.4. The van der Waals surface area contributed by atoms with Gasteiger partial charge in [0.25, 0.3) is 0 Å². The van der Waals surface area contributed by atoms with Crippen LogP contribution < -0.4 is 9.47 Å². The Kier molecular flexibility index (Phi) is 6.06. The van der Waals surface area contributed by atoms with E-state index in [1.165, 1.54) is 24.6 Å². The van der Waals surface area contributed by atoms with E-state index in [1.807, 2.05) is 6.92 Å². The van der Waals surface area contributed by atoms with E-state index in [0.29, 0.717) is 38.2 Å². The van der Waals surface area contributed by atoms with E-state index in [2.05, 4.69) is 0 Å². The number of methoxy groups -OCH3 is 2. The lowest BCUT2D eigenvalue weighted by Crippen LogP contribution is -2.37. The van der Waals surface area contributed by atoms with Gasteiger partial charge in [0.2, 0.25) is 15.9 Å². The number of hydrogen-bond donors (Lipinski definition) is 0. The third-order valence-electron chi connectivity index (χ3n) is 4.10. The van der Waals surface area contributed by atoms with Gasteiger partial charge in [0.15, 0.2) is 0 Å². The number of sulfonamides is 1. The summed E-state index contributed by atoms with van der Waals surface area (Å²) in [6.07, 6.45) is 1.04. The number of benzene rings is 1. The highest BCUT2D eigenvalue weighted by Crippen LogP contribution is 2.31. The Morgan fingerprint density at radius 2 is 1.88 bits per heavy atom. The van der Waals surface area contributed by atoms with Crippen molar-refractivity contribution in [3.05, 3.63) is 18.2 Å². The van der Waals surface area contributed by atoms with Crippen LogP contribution in [0.25, 0.3) is 0 Å². The normalized spacial score (nSPS) is 16.5. The zero-order chi connectivity index (χ0) is 17.7. The summed E-state index contributed by atoms with van der Waals surface area (Å²) < 4.78 is 37.8. The van der Waals surface area contributed by atoms with Gasteiger partial charge in [-0.15, -0.1) is 0 Å². The molecule has 1 heterocycles. The van der Waals surface area contributed by atoms with Crippen LogP contribution in [0.2, 0.25) is 0 Å². The van der Waals surface area contributed by atoms with Crippen molar-refractivity contribution in [3.8, 4) is 11.5 Å². The minimum absolute atomic E-state index is 0.0493. The molecule has 0 saturated carbocycles. The molecule has 1 aromatic carbocycles. The zero-order valence-electron chi connectivity index (χ0n) is 14.3. The number of amides is 1. The summed E-state index contributed by atoms with van der Waals surface area (Å²) in [5, 5.41) is 0. The van der Waals surface area contributed by atoms with E-state index < -0.39 is 10.0 Å². The molecule has 0 unspecified atom stereocenters. The van der Waals surface area contributed by atoms with Crippen LogP contribution in [0.15, 0.2) is 23.1 Å². The van der Waals surface area contributed by atoms with Crippen LogP contribution in [0.4, 0.5) is 0 Å². The first-order valence-electron chi connectivity index (χ1n) is 7.94. The Morgan fingerprint density at radius 1 is 1.12 bits per heavy atom. The maximum absolute atomic E-state index is 13.0. The van der Waals surface area contributed by atoms with Gasteiger partial charge in [-0.3, -0.25) is 4.79 Å². The monoisotopic (exact) mass is 356 g/mol. The molecule has 134 valence electrons. The van der Waals surface area contributed by atoms with Crippen molar-refractivity contribution in [3.63, 3.8) is 0 Å². The van der Waals surface area contributed by atoms with Gasteiger partial charge in [-0.25, -0.2) is 8.42 Å². The second-order valence-corrected chi connectivity index (χ2v) is 7.42. The maximum atomic E-state index is 13.0. The van der Waals surface area contributed by atoms with Crippen molar-refractivity contribution < 1.29 is 22.7 Å². The maximum Gasteiger partial charge on any atom is 0.246 e. The van der Waals surface area contributed by atoms with Crippen molar-refractivity contribution in [1.82, 2.24) is 9.21 Å². The van der Waals surface area contributed by atoms with Crippen molar-refractivity contribution in [2.45, 2.75) is 24.7 Å². The molecular weight excluding hydrogens is 332 g/mol. The summed E-state index contributed by atoms with van der Waals surface area (Å²) in [4.78, 5) is 13.7. The zero-order valence-corrected chi connectivity index (χ0v) is 15.1. The Balaban J connectivity index is 2.29. The van der Waals surface area contributed by atoms with Gasteiger partial charge in [0, 0.05) is 38.7 Å². The van der Waals surface area contributed by atoms with Gasteiger partial charge < -0.3 is 14.4 Å². The van der Waals surface area contributed by atoms with Crippen molar-refractivity contribution in [2.75, 3.05) is 40.4 Å². The predicted molar refractivity (Wildman–Crippen MR) is 89.8 cm³/mol. The molecule has 1 fully saturated rings. The molecule has 1 aliphatic heterocycles. The predicted octanol–water partition coefficient (Wildman–Crippen LogP) is 1.34. The molecule has 1 amide bonds. The standard InChI is InChI=1S/C16H24N2O5S/c1-4-16(19)17-8-5-9-18(11-10-17)24(20,21)15-12-13(22-2)6-7-14(15)23-3/h6-7,12H,4-5,8-11H2,1-3H3. The Morgan fingerprint density at radius 3 is 2.50 bits per heavy atom. The summed E-state index contributed by atoms with van der Waals surface area (Å²) in [7, 11) is -0.806. The fraction of sp³-hybridized carbons (Fsp3) is 0.562. The van der Waals surface area contributed by atoms with E-state index in [-0.39, 0.29) is 23.1 Å². The SMILES string of the molecule is CCC(=O)N1CCCN(S(=O)(=O)c2cc(OC)ccc2OC)CC1. The Labute approximate surface area is 143 Å². The summed E-state index contributed by atoms with van der Waals surface area (Å²) in [6.45, 7) is 3.43. The fourth-order valence-corrected chi connectivity index (χ4v) is 4.37. The molecule has 0 aromatic heterocycles. The minimum Gasteiger partial charge on any atom is -0.497 e. The van der Waals surface area contributed by atoms with Crippen LogP contribution in [0.1, 0.15) is 19.8 Å². The van der Waals surface area contributed by atoms with E-state index in [0.717, 1.165) is 0 Å². The average molecular weight is 356 g/mol. The van der Waals surface area contributed by atoms with Gasteiger partial charge >= 0.3 is 0 Å². The van der Waals surface area contributed by atoms with Gasteiger partial charge in [-0.1, -0.05) is 6.92 Å². The van der Waals surface area contributed by atoms with E-state index >= 15 is 0 Å². The number of ether oxygens (including phenoxy) is 2. The molecule has 7 nitrogen and oxygen atoms in total. The molecule has 24 heavy (non-hydrogen) atoms. The van der Waals surface area contributed by atoms with Crippen LogP contribution in [-0.4, -0.2) is 63.9 Å². The highest BCUT2D eigenvalue weighted by molar-refractivity contribution is 7.89. The van der Waals surface area contributed by atoms with E-state index in [4.69, 9.17) is 9.47 Å². The van der Waals surface area contributed by atoms with Crippen molar-refractivity contribution in [2.24, 2.45) is 0 Å². The van der Waals surface area contributed by atoms with Gasteiger partial charge in [0.05, 0.1) is 14.2 Å². The molecule has 1 saturated heterocycles. The molecular formula is C16H24N2O5S. The second kappa shape index (κ2) is 7.85. The number of nitrogens with zero attached hydrogens (tertiary/aromatic N) is 2. The summed E-state index contributed by atoms with van der Waals surface area (Å²) in [6, 6.07) is 4.70. The molecule has 1 aliphatic rings. The van der Waals surface area contributed by atoms with E-state index in [9.17, 15) is 13.2 Å². The fourth-order valence-electron chi connectivity index (χ4n) is 2.73. The average Bonchev–Trinajstić information content (AvgIpc) is 2.87. The van der Waals surface area contributed by atoms with Crippen LogP contribution in [0, 0.1) is 0 Å². The first kappa shape index (κ1) is 18.5. The summed E-state index contributed by atoms with van der Waals surface area (Å²) in [5.74, 6) is 0.779. The summed E-state index contributed by atoms with van der Waals surface area (Å²) >= 11 is 0. The van der Waals surface area contributed by atoms with Crippen LogP contribution in [-0.2, 0) is 14.8 Å². The highest BCUT2D eigenvalue weighted by atomic mass is 32.2. The molecule has 0 aliphatic carbocycles. The number of carbonyl (C=O) groups is 1. The van der Waals surface area contributed by atoms with Gasteiger partial charge in [0.1, 0.15) is 16.4 Å². The van der Waals surface area contributed by atoms with Gasteiger partial charge in [-0.05, 0) is 18.6 Å². The third kappa shape index (κ3) is 3.81. The lowest BCUT2D eigenvalue weighted by Gasteiger charge is -2.22. The largest absolute Gasteiger partial charge is 0.497 e. The molecule has 0 atom stereocenters. The lowest BCUT2D eigenvalue weighted by molar-refractivity contribution is -0.130. The highest BCUT2D eigenvalue weighted by Gasteiger charge is 2.30. The molecule has 8 heteroatoms. The van der Waals surface area contributed by atoms with Crippen LogP contribution in [0.3, 0.4) is 0 Å². The van der Waals surface area contributed by atoms with Crippen molar-refractivity contribution in [1.29, 1.82) is 0 Å². The second-order valence-electron chi connectivity index (χ2n) is 5.51. The Bertz CT molecular complexity index is 690. The molecule has 2 rings (SSSR count). The van der Waals surface area contributed by atoms with E-state index in [1.54, 1.807) is 17.0 Å². The molecule has 0 radical (unpaired) electrons. The minimum atomic E-state index is -3.73. The van der Waals surface area contributed by atoms with Crippen LogP contribution in [0.5, 0.6) is 11.5 Å². The van der Waals surface area contributed by atoms with Crippen LogP contribution >= 0.6 is 0 Å².